The third kappa shape index (κ3) is 5.11. The van der Waals surface area contributed by atoms with E-state index in [0.717, 1.165) is 4.47 Å². The monoisotopic (exact) mass is 345 g/mol. The summed E-state index contributed by atoms with van der Waals surface area (Å²) in [7, 11) is 1.58. The first-order valence-corrected chi connectivity index (χ1v) is 7.26. The van der Waals surface area contributed by atoms with Gasteiger partial charge in [0.05, 0.1) is 18.1 Å². The van der Waals surface area contributed by atoms with E-state index in [2.05, 4.69) is 21.2 Å². The summed E-state index contributed by atoms with van der Waals surface area (Å²) in [5.41, 5.74) is 0.546. The Bertz CT molecular complexity index is 433. The van der Waals surface area contributed by atoms with Crippen molar-refractivity contribution >= 4 is 21.8 Å². The molecule has 0 aromatic heterocycles. The minimum Gasteiger partial charge on any atom is -0.496 e. The lowest BCUT2D eigenvalue weighted by atomic mass is 10.2. The fourth-order valence-electron chi connectivity index (χ4n) is 1.62. The van der Waals surface area contributed by atoms with Crippen molar-refractivity contribution in [2.45, 2.75) is 20.1 Å². The van der Waals surface area contributed by atoms with Crippen LogP contribution < -0.4 is 10.1 Å². The summed E-state index contributed by atoms with van der Waals surface area (Å²) in [5, 5.41) is 2.78. The number of ether oxygens (including phenoxy) is 3. The van der Waals surface area contributed by atoms with E-state index in [1.54, 1.807) is 25.3 Å². The van der Waals surface area contributed by atoms with E-state index in [4.69, 9.17) is 14.2 Å². The van der Waals surface area contributed by atoms with E-state index in [1.165, 1.54) is 0 Å². The number of halogens is 1. The van der Waals surface area contributed by atoms with Crippen LogP contribution in [0.2, 0.25) is 0 Å². The molecule has 0 spiro atoms. The van der Waals surface area contributed by atoms with Gasteiger partial charge in [0, 0.05) is 18.8 Å². The molecule has 0 heterocycles. The summed E-state index contributed by atoms with van der Waals surface area (Å²) in [4.78, 5) is 12.0. The minimum absolute atomic E-state index is 0.183. The van der Waals surface area contributed by atoms with Crippen LogP contribution >= 0.6 is 15.9 Å². The Morgan fingerprint density at radius 1 is 1.30 bits per heavy atom. The Morgan fingerprint density at radius 2 is 1.95 bits per heavy atom. The van der Waals surface area contributed by atoms with Crippen molar-refractivity contribution in [3.05, 3.63) is 28.2 Å². The lowest BCUT2D eigenvalue weighted by molar-refractivity contribution is -0.131. The number of nitrogens with one attached hydrogen (secondary N) is 1. The zero-order valence-electron chi connectivity index (χ0n) is 11.9. The number of hydrogen-bond acceptors (Lipinski definition) is 4. The maximum Gasteiger partial charge on any atom is 0.251 e. The Hall–Kier alpha value is -1.11. The van der Waals surface area contributed by atoms with Gasteiger partial charge in [-0.05, 0) is 48.0 Å². The molecule has 0 bridgehead atoms. The van der Waals surface area contributed by atoms with Crippen LogP contribution in [0.3, 0.4) is 0 Å². The van der Waals surface area contributed by atoms with Gasteiger partial charge in [-0.25, -0.2) is 0 Å². The van der Waals surface area contributed by atoms with Gasteiger partial charge in [0.1, 0.15) is 5.75 Å². The Labute approximate surface area is 127 Å². The molecule has 0 saturated heterocycles. The van der Waals surface area contributed by atoms with Crippen LogP contribution in [0.15, 0.2) is 22.7 Å². The molecule has 0 aliphatic carbocycles. The van der Waals surface area contributed by atoms with E-state index in [-0.39, 0.29) is 5.91 Å². The van der Waals surface area contributed by atoms with Crippen molar-refractivity contribution in [3.8, 4) is 5.75 Å². The molecule has 1 rings (SSSR count). The van der Waals surface area contributed by atoms with E-state index in [1.807, 2.05) is 13.8 Å². The van der Waals surface area contributed by atoms with Gasteiger partial charge in [-0.3, -0.25) is 4.79 Å². The standard InChI is InChI=1S/C14H20BrNO4/c1-4-19-13(20-5-2)9-16-14(17)10-6-7-12(18-3)11(15)8-10/h6-8,13H,4-5,9H2,1-3H3,(H,16,17). The number of benzene rings is 1. The van der Waals surface area contributed by atoms with Crippen molar-refractivity contribution < 1.29 is 19.0 Å². The van der Waals surface area contributed by atoms with Crippen LogP contribution in [0.4, 0.5) is 0 Å². The summed E-state index contributed by atoms with van der Waals surface area (Å²) in [6, 6.07) is 5.15. The highest BCUT2D eigenvalue weighted by molar-refractivity contribution is 9.10. The number of hydrogen-bond donors (Lipinski definition) is 1. The number of carbonyl (C=O) groups is 1. The van der Waals surface area contributed by atoms with E-state index >= 15 is 0 Å². The summed E-state index contributed by atoms with van der Waals surface area (Å²) < 4.78 is 16.6. The van der Waals surface area contributed by atoms with Crippen molar-refractivity contribution in [1.29, 1.82) is 0 Å². The molecule has 0 atom stereocenters. The maximum absolute atomic E-state index is 12.0. The van der Waals surface area contributed by atoms with Gasteiger partial charge in [-0.2, -0.15) is 0 Å². The zero-order chi connectivity index (χ0) is 15.0. The third-order valence-corrected chi connectivity index (χ3v) is 3.17. The highest BCUT2D eigenvalue weighted by Crippen LogP contribution is 2.25. The minimum atomic E-state index is -0.421. The van der Waals surface area contributed by atoms with Gasteiger partial charge in [-0.1, -0.05) is 0 Å². The number of methoxy groups -OCH3 is 1. The second-order valence-electron chi connectivity index (χ2n) is 3.90. The summed E-state index contributed by atoms with van der Waals surface area (Å²) >= 11 is 3.35. The molecule has 1 aromatic rings. The lowest BCUT2D eigenvalue weighted by Crippen LogP contribution is -2.35. The molecule has 0 aliphatic rings. The molecule has 0 radical (unpaired) electrons. The zero-order valence-corrected chi connectivity index (χ0v) is 13.5. The first-order chi connectivity index (χ1) is 9.62. The molecule has 1 aromatic carbocycles. The van der Waals surface area contributed by atoms with Crippen LogP contribution in [-0.2, 0) is 9.47 Å². The maximum atomic E-state index is 12.0. The van der Waals surface area contributed by atoms with Crippen molar-refractivity contribution in [3.63, 3.8) is 0 Å². The molecule has 6 heteroatoms. The van der Waals surface area contributed by atoms with E-state index < -0.39 is 6.29 Å². The highest BCUT2D eigenvalue weighted by atomic mass is 79.9. The predicted octanol–water partition coefficient (Wildman–Crippen LogP) is 2.59. The topological polar surface area (TPSA) is 56.8 Å². The molecule has 112 valence electrons. The van der Waals surface area contributed by atoms with Gasteiger partial charge in [0.25, 0.3) is 5.91 Å². The highest BCUT2D eigenvalue weighted by Gasteiger charge is 2.12. The van der Waals surface area contributed by atoms with Crippen LogP contribution in [0.1, 0.15) is 24.2 Å². The molecular weight excluding hydrogens is 326 g/mol. The van der Waals surface area contributed by atoms with E-state index in [0.29, 0.717) is 31.1 Å². The lowest BCUT2D eigenvalue weighted by Gasteiger charge is -2.17. The SMILES string of the molecule is CCOC(CNC(=O)c1ccc(OC)c(Br)c1)OCC. The Morgan fingerprint density at radius 3 is 2.45 bits per heavy atom. The molecule has 1 amide bonds. The molecule has 0 unspecified atom stereocenters. The summed E-state index contributed by atoms with van der Waals surface area (Å²) in [6.45, 7) is 5.15. The van der Waals surface area contributed by atoms with Crippen molar-refractivity contribution in [2.24, 2.45) is 0 Å². The van der Waals surface area contributed by atoms with Gasteiger partial charge in [-0.15, -0.1) is 0 Å². The van der Waals surface area contributed by atoms with Gasteiger partial charge in [0.15, 0.2) is 6.29 Å². The summed E-state index contributed by atoms with van der Waals surface area (Å²) in [6.07, 6.45) is -0.421. The molecule has 0 saturated carbocycles. The number of rotatable bonds is 8. The molecule has 5 nitrogen and oxygen atoms in total. The van der Waals surface area contributed by atoms with Crippen LogP contribution in [0.25, 0.3) is 0 Å². The number of amides is 1. The average molecular weight is 346 g/mol. The van der Waals surface area contributed by atoms with Crippen molar-refractivity contribution in [2.75, 3.05) is 26.9 Å². The van der Waals surface area contributed by atoms with E-state index in [9.17, 15) is 4.79 Å². The Kier molecular flexibility index (Phi) is 7.58. The smallest absolute Gasteiger partial charge is 0.251 e. The van der Waals surface area contributed by atoms with Gasteiger partial charge < -0.3 is 19.5 Å². The van der Waals surface area contributed by atoms with Gasteiger partial charge >= 0.3 is 0 Å². The van der Waals surface area contributed by atoms with Crippen LogP contribution in [-0.4, -0.2) is 39.1 Å². The molecule has 0 fully saturated rings. The first kappa shape index (κ1) is 16.9. The summed E-state index contributed by atoms with van der Waals surface area (Å²) in [5.74, 6) is 0.501. The third-order valence-electron chi connectivity index (χ3n) is 2.55. The molecule has 0 aliphatic heterocycles. The van der Waals surface area contributed by atoms with Crippen LogP contribution in [0, 0.1) is 0 Å². The largest absolute Gasteiger partial charge is 0.496 e. The molecule has 1 N–H and O–H groups in total. The predicted molar refractivity (Wildman–Crippen MR) is 80.1 cm³/mol. The average Bonchev–Trinajstić information content (AvgIpc) is 2.44. The normalized spacial score (nSPS) is 10.7. The second kappa shape index (κ2) is 8.94. The van der Waals surface area contributed by atoms with Crippen LogP contribution in [0.5, 0.6) is 5.75 Å². The first-order valence-electron chi connectivity index (χ1n) is 6.47. The number of carbonyl (C=O) groups excluding carboxylic acids is 1. The Balaban J connectivity index is 2.59. The van der Waals surface area contributed by atoms with Gasteiger partial charge in [0.2, 0.25) is 0 Å². The second-order valence-corrected chi connectivity index (χ2v) is 4.75. The van der Waals surface area contributed by atoms with Crippen molar-refractivity contribution in [1.82, 2.24) is 5.32 Å². The molecule has 20 heavy (non-hydrogen) atoms. The fraction of sp³-hybridized carbons (Fsp3) is 0.500. The molecular formula is C14H20BrNO4. The quantitative estimate of drug-likeness (QED) is 0.735. The fourth-order valence-corrected chi connectivity index (χ4v) is 2.16.